The minimum atomic E-state index is -3.09. The van der Waals surface area contributed by atoms with Crippen molar-refractivity contribution >= 4 is 33.4 Å². The largest absolute Gasteiger partial charge is 0.353 e. The molecule has 2 fully saturated rings. The molecule has 0 aromatic rings. The molecule has 1 aliphatic heterocycles. The molecule has 1 aliphatic carbocycles. The molecule has 21 heavy (non-hydrogen) atoms. The quantitative estimate of drug-likeness (QED) is 0.779. The highest BCUT2D eigenvalue weighted by Crippen LogP contribution is 2.30. The second-order valence-electron chi connectivity index (χ2n) is 5.73. The van der Waals surface area contributed by atoms with Gasteiger partial charge >= 0.3 is 0 Å². The SMILES string of the molecule is CS(=O)(=O)CCNC(=O)[C@@H]1CSCN1C(=O)C1CCCC1. The van der Waals surface area contributed by atoms with Gasteiger partial charge in [-0.3, -0.25) is 9.59 Å². The maximum Gasteiger partial charge on any atom is 0.243 e. The number of hydrogen-bond acceptors (Lipinski definition) is 5. The van der Waals surface area contributed by atoms with Crippen LogP contribution < -0.4 is 5.32 Å². The zero-order valence-electron chi connectivity index (χ0n) is 12.2. The Labute approximate surface area is 129 Å². The molecule has 1 saturated carbocycles. The summed E-state index contributed by atoms with van der Waals surface area (Å²) in [5.74, 6) is 0.975. The Morgan fingerprint density at radius 2 is 1.95 bits per heavy atom. The van der Waals surface area contributed by atoms with Gasteiger partial charge in [-0.1, -0.05) is 12.8 Å². The van der Waals surface area contributed by atoms with Gasteiger partial charge in [0.25, 0.3) is 0 Å². The Bertz CT molecular complexity index is 500. The first-order valence-corrected chi connectivity index (χ1v) is 10.4. The van der Waals surface area contributed by atoms with Gasteiger partial charge in [0.15, 0.2) is 0 Å². The maximum atomic E-state index is 12.4. The average Bonchev–Trinajstić information content (AvgIpc) is 3.07. The van der Waals surface area contributed by atoms with E-state index in [2.05, 4.69) is 5.32 Å². The summed E-state index contributed by atoms with van der Waals surface area (Å²) < 4.78 is 22.1. The van der Waals surface area contributed by atoms with Crippen molar-refractivity contribution in [2.45, 2.75) is 31.7 Å². The van der Waals surface area contributed by atoms with Crippen LogP contribution in [0.4, 0.5) is 0 Å². The first kappa shape index (κ1) is 16.6. The molecule has 120 valence electrons. The summed E-state index contributed by atoms with van der Waals surface area (Å²) in [5, 5.41) is 2.63. The number of thioether (sulfide) groups is 1. The van der Waals surface area contributed by atoms with E-state index in [9.17, 15) is 18.0 Å². The number of carbonyl (C=O) groups excluding carboxylic acids is 2. The van der Waals surface area contributed by atoms with E-state index in [1.54, 1.807) is 16.7 Å². The fourth-order valence-electron chi connectivity index (χ4n) is 2.76. The third kappa shape index (κ3) is 4.60. The van der Waals surface area contributed by atoms with Crippen molar-refractivity contribution in [2.24, 2.45) is 5.92 Å². The Morgan fingerprint density at radius 1 is 1.29 bits per heavy atom. The molecule has 1 saturated heterocycles. The molecule has 1 heterocycles. The number of carbonyl (C=O) groups is 2. The lowest BCUT2D eigenvalue weighted by Crippen LogP contribution is -2.49. The molecular formula is C13H22N2O4S2. The van der Waals surface area contributed by atoms with Crippen LogP contribution in [0.1, 0.15) is 25.7 Å². The molecule has 0 bridgehead atoms. The van der Waals surface area contributed by atoms with E-state index < -0.39 is 15.9 Å². The third-order valence-corrected chi connectivity index (χ3v) is 5.90. The minimum Gasteiger partial charge on any atom is -0.353 e. The normalized spacial score (nSPS) is 23.5. The van der Waals surface area contributed by atoms with Crippen molar-refractivity contribution < 1.29 is 18.0 Å². The molecule has 1 N–H and O–H groups in total. The zero-order valence-corrected chi connectivity index (χ0v) is 13.8. The highest BCUT2D eigenvalue weighted by Gasteiger charge is 2.38. The summed E-state index contributed by atoms with van der Waals surface area (Å²) in [5.41, 5.74) is 0. The van der Waals surface area contributed by atoms with Crippen LogP contribution in [0.15, 0.2) is 0 Å². The Kier molecular flexibility index (Phi) is 5.54. The van der Waals surface area contributed by atoms with Crippen molar-refractivity contribution in [1.29, 1.82) is 0 Å². The van der Waals surface area contributed by atoms with Crippen molar-refractivity contribution in [3.05, 3.63) is 0 Å². The molecule has 0 radical (unpaired) electrons. The van der Waals surface area contributed by atoms with E-state index in [0.717, 1.165) is 31.9 Å². The molecule has 1 atom stereocenters. The van der Waals surface area contributed by atoms with Gasteiger partial charge in [0, 0.05) is 24.5 Å². The molecule has 0 aromatic carbocycles. The van der Waals surface area contributed by atoms with Crippen LogP contribution in [0.25, 0.3) is 0 Å². The van der Waals surface area contributed by atoms with E-state index in [0.29, 0.717) is 11.6 Å². The molecule has 6 nitrogen and oxygen atoms in total. The number of rotatable bonds is 5. The van der Waals surface area contributed by atoms with E-state index in [1.165, 1.54) is 0 Å². The first-order valence-electron chi connectivity index (χ1n) is 7.22. The summed E-state index contributed by atoms with van der Waals surface area (Å²) >= 11 is 1.57. The van der Waals surface area contributed by atoms with Crippen LogP contribution in [0.3, 0.4) is 0 Å². The zero-order chi connectivity index (χ0) is 15.5. The van der Waals surface area contributed by atoms with E-state index >= 15 is 0 Å². The molecule has 2 rings (SSSR count). The molecule has 0 aromatic heterocycles. The van der Waals surface area contributed by atoms with E-state index in [1.807, 2.05) is 0 Å². The van der Waals surface area contributed by atoms with Crippen LogP contribution in [0.2, 0.25) is 0 Å². The minimum absolute atomic E-state index is 0.0648. The topological polar surface area (TPSA) is 83.6 Å². The Hall–Kier alpha value is -0.760. The van der Waals surface area contributed by atoms with E-state index in [4.69, 9.17) is 0 Å². The van der Waals surface area contributed by atoms with Gasteiger partial charge in [-0.25, -0.2) is 8.42 Å². The van der Waals surface area contributed by atoms with Crippen LogP contribution in [0, 0.1) is 5.92 Å². The molecule has 0 spiro atoms. The van der Waals surface area contributed by atoms with Crippen molar-refractivity contribution in [3.63, 3.8) is 0 Å². The number of hydrogen-bond donors (Lipinski definition) is 1. The molecular weight excluding hydrogens is 312 g/mol. The maximum absolute atomic E-state index is 12.4. The fraction of sp³-hybridized carbons (Fsp3) is 0.846. The smallest absolute Gasteiger partial charge is 0.243 e. The lowest BCUT2D eigenvalue weighted by Gasteiger charge is -2.25. The second kappa shape index (κ2) is 7.00. The first-order chi connectivity index (χ1) is 9.88. The predicted octanol–water partition coefficient (Wildman–Crippen LogP) is 0.239. The van der Waals surface area contributed by atoms with Crippen molar-refractivity contribution in [3.8, 4) is 0 Å². The standard InChI is InChI=1S/C13H22N2O4S2/c1-21(18,19)7-6-14-12(16)11-8-20-9-15(11)13(17)10-4-2-3-5-10/h10-11H,2-9H2,1H3,(H,14,16)/t11-/m0/s1. The lowest BCUT2D eigenvalue weighted by molar-refractivity contribution is -0.141. The Balaban J connectivity index is 1.88. The van der Waals surface area contributed by atoms with Crippen LogP contribution in [0.5, 0.6) is 0 Å². The average molecular weight is 334 g/mol. The monoisotopic (exact) mass is 334 g/mol. The summed E-state index contributed by atoms with van der Waals surface area (Å²) in [4.78, 5) is 26.2. The highest BCUT2D eigenvalue weighted by atomic mass is 32.2. The van der Waals surface area contributed by atoms with Gasteiger partial charge in [-0.15, -0.1) is 11.8 Å². The Morgan fingerprint density at radius 3 is 2.57 bits per heavy atom. The highest BCUT2D eigenvalue weighted by molar-refractivity contribution is 7.99. The summed E-state index contributed by atoms with van der Waals surface area (Å²) in [6.45, 7) is 0.101. The van der Waals surface area contributed by atoms with Gasteiger partial charge < -0.3 is 10.2 Å². The summed E-state index contributed by atoms with van der Waals surface area (Å²) in [6.07, 6.45) is 5.15. The second-order valence-corrected chi connectivity index (χ2v) is 8.99. The lowest BCUT2D eigenvalue weighted by atomic mass is 10.1. The number of amides is 2. The van der Waals surface area contributed by atoms with Crippen LogP contribution in [-0.4, -0.2) is 61.4 Å². The number of sulfone groups is 1. The third-order valence-electron chi connectivity index (χ3n) is 3.94. The summed E-state index contributed by atoms with van der Waals surface area (Å²) in [7, 11) is -3.09. The number of nitrogens with one attached hydrogen (secondary N) is 1. The van der Waals surface area contributed by atoms with Crippen LogP contribution in [-0.2, 0) is 19.4 Å². The van der Waals surface area contributed by atoms with Gasteiger partial charge in [0.1, 0.15) is 15.9 Å². The molecule has 2 aliphatic rings. The van der Waals surface area contributed by atoms with Gasteiger partial charge in [0.05, 0.1) is 11.6 Å². The molecule has 2 amide bonds. The molecule has 0 unspecified atom stereocenters. The van der Waals surface area contributed by atoms with Gasteiger partial charge in [-0.05, 0) is 12.8 Å². The fourth-order valence-corrected chi connectivity index (χ4v) is 4.40. The van der Waals surface area contributed by atoms with Crippen molar-refractivity contribution in [2.75, 3.05) is 30.2 Å². The van der Waals surface area contributed by atoms with Crippen molar-refractivity contribution in [1.82, 2.24) is 10.2 Å². The summed E-state index contributed by atoms with van der Waals surface area (Å²) in [6, 6.07) is -0.456. The molecule has 8 heteroatoms. The number of nitrogens with zero attached hydrogens (tertiary/aromatic N) is 1. The van der Waals surface area contributed by atoms with Gasteiger partial charge in [-0.2, -0.15) is 0 Å². The predicted molar refractivity (Wildman–Crippen MR) is 82.6 cm³/mol. The van der Waals surface area contributed by atoms with Gasteiger partial charge in [0.2, 0.25) is 11.8 Å². The van der Waals surface area contributed by atoms with E-state index in [-0.39, 0.29) is 30.0 Å². The van der Waals surface area contributed by atoms with Crippen LogP contribution >= 0.6 is 11.8 Å².